The van der Waals surface area contributed by atoms with Crippen LogP contribution in [0.5, 0.6) is 0 Å². The number of nitrogens with two attached hydrogens (primary N) is 1. The van der Waals surface area contributed by atoms with Crippen molar-refractivity contribution in [2.45, 2.75) is 45.7 Å². The van der Waals surface area contributed by atoms with E-state index in [1.165, 1.54) is 12.2 Å². The van der Waals surface area contributed by atoms with Crippen molar-refractivity contribution in [3.8, 4) is 0 Å². The molecule has 0 radical (unpaired) electrons. The largest absolute Gasteiger partial charge is 0.463 e. The number of carbonyl (C=O) groups excluding carboxylic acids is 2. The van der Waals surface area contributed by atoms with Crippen LogP contribution in [0, 0.1) is 0 Å². The summed E-state index contributed by atoms with van der Waals surface area (Å²) in [6, 6.07) is 0. The van der Waals surface area contributed by atoms with Gasteiger partial charge >= 0.3 is 12.1 Å². The van der Waals surface area contributed by atoms with E-state index in [0.29, 0.717) is 6.61 Å². The molecule has 19 heavy (non-hydrogen) atoms. The lowest BCUT2D eigenvalue weighted by molar-refractivity contribution is -0.137. The number of primary amides is 1. The Bertz CT molecular complexity index is 338. The van der Waals surface area contributed by atoms with Gasteiger partial charge in [0.1, 0.15) is 12.2 Å². The van der Waals surface area contributed by atoms with Crippen LogP contribution in [0.4, 0.5) is 4.79 Å². The van der Waals surface area contributed by atoms with Crippen molar-refractivity contribution < 1.29 is 23.5 Å². The van der Waals surface area contributed by atoms with Crippen molar-refractivity contribution in [2.24, 2.45) is 5.73 Å². The van der Waals surface area contributed by atoms with E-state index < -0.39 is 32.6 Å². The Hall–Kier alpha value is -1.34. The monoisotopic (exact) mass is 289 g/mol. The molecule has 0 aliphatic carbocycles. The summed E-state index contributed by atoms with van der Waals surface area (Å²) in [4.78, 5) is 22.0. The smallest absolute Gasteiger partial charge is 0.404 e. The van der Waals surface area contributed by atoms with Crippen LogP contribution in [0.2, 0.25) is 19.6 Å². The highest BCUT2D eigenvalue weighted by Crippen LogP contribution is 2.14. The van der Waals surface area contributed by atoms with E-state index in [0.717, 1.165) is 0 Å². The van der Waals surface area contributed by atoms with Crippen LogP contribution in [0.15, 0.2) is 12.2 Å². The summed E-state index contributed by atoms with van der Waals surface area (Å²) in [5.74, 6) is -0.460. The lowest BCUT2D eigenvalue weighted by atomic mass is 10.2. The molecule has 0 aromatic heterocycles. The van der Waals surface area contributed by atoms with E-state index in [1.807, 2.05) is 19.6 Å². The molecule has 7 heteroatoms. The predicted octanol–water partition coefficient (Wildman–Crippen LogP) is 1.81. The number of hydrogen-bond donors (Lipinski definition) is 1. The molecule has 6 nitrogen and oxygen atoms in total. The highest BCUT2D eigenvalue weighted by Gasteiger charge is 2.25. The van der Waals surface area contributed by atoms with Gasteiger partial charge in [0.25, 0.3) is 0 Å². The number of rotatable bonds is 7. The van der Waals surface area contributed by atoms with Gasteiger partial charge in [-0.2, -0.15) is 0 Å². The summed E-state index contributed by atoms with van der Waals surface area (Å²) in [5, 5.41) is 0. The number of amides is 1. The van der Waals surface area contributed by atoms with E-state index in [1.54, 1.807) is 13.8 Å². The lowest BCUT2D eigenvalue weighted by Gasteiger charge is -2.28. The maximum Gasteiger partial charge on any atom is 0.404 e. The van der Waals surface area contributed by atoms with Gasteiger partial charge < -0.3 is 19.6 Å². The Kier molecular flexibility index (Phi) is 7.39. The Morgan fingerprint density at radius 1 is 1.32 bits per heavy atom. The summed E-state index contributed by atoms with van der Waals surface area (Å²) in [5.41, 5.74) is 4.98. The fourth-order valence-corrected chi connectivity index (χ4v) is 2.40. The molecule has 0 bridgehead atoms. The van der Waals surface area contributed by atoms with Crippen LogP contribution < -0.4 is 5.73 Å². The molecule has 0 saturated heterocycles. The zero-order valence-electron chi connectivity index (χ0n) is 12.1. The number of hydrogen-bond acceptors (Lipinski definition) is 5. The zero-order chi connectivity index (χ0) is 15.1. The summed E-state index contributed by atoms with van der Waals surface area (Å²) in [6.07, 6.45) is 0.832. The van der Waals surface area contributed by atoms with Crippen LogP contribution in [-0.4, -0.2) is 39.2 Å². The number of carbonyl (C=O) groups is 2. The first-order valence-corrected chi connectivity index (χ1v) is 9.55. The second-order valence-corrected chi connectivity index (χ2v) is 9.41. The molecule has 2 N–H and O–H groups in total. The first kappa shape index (κ1) is 17.7. The maximum atomic E-state index is 11.3. The van der Waals surface area contributed by atoms with Crippen LogP contribution in [-0.2, 0) is 18.7 Å². The third kappa shape index (κ3) is 9.26. The fraction of sp³-hybridized carbons (Fsp3) is 0.667. The van der Waals surface area contributed by atoms with E-state index in [4.69, 9.17) is 19.6 Å². The van der Waals surface area contributed by atoms with Gasteiger partial charge in [0.2, 0.25) is 0 Å². The average molecular weight is 289 g/mol. The molecule has 0 aliphatic rings. The molecule has 0 rings (SSSR count). The Morgan fingerprint density at radius 3 is 2.32 bits per heavy atom. The molecule has 0 heterocycles. The van der Waals surface area contributed by atoms with Gasteiger partial charge in [0, 0.05) is 6.08 Å². The maximum absolute atomic E-state index is 11.3. The summed E-state index contributed by atoms with van der Waals surface area (Å²) >= 11 is 0. The third-order valence-corrected chi connectivity index (χ3v) is 2.94. The quantitative estimate of drug-likeness (QED) is 0.439. The molecule has 2 atom stereocenters. The lowest BCUT2D eigenvalue weighted by Crippen LogP contribution is -2.39. The molecule has 0 saturated carbocycles. The van der Waals surface area contributed by atoms with Gasteiger partial charge in [-0.25, -0.2) is 9.59 Å². The summed E-state index contributed by atoms with van der Waals surface area (Å²) < 4.78 is 15.5. The zero-order valence-corrected chi connectivity index (χ0v) is 13.1. The average Bonchev–Trinajstić information content (AvgIpc) is 2.22. The van der Waals surface area contributed by atoms with E-state index >= 15 is 0 Å². The van der Waals surface area contributed by atoms with E-state index in [-0.39, 0.29) is 0 Å². The van der Waals surface area contributed by atoms with Crippen molar-refractivity contribution in [1.82, 2.24) is 0 Å². The topological polar surface area (TPSA) is 87.8 Å². The second-order valence-electron chi connectivity index (χ2n) is 4.95. The van der Waals surface area contributed by atoms with Crippen molar-refractivity contribution in [2.75, 3.05) is 6.61 Å². The minimum Gasteiger partial charge on any atom is -0.463 e. The predicted molar refractivity (Wildman–Crippen MR) is 74.1 cm³/mol. The third-order valence-electron chi connectivity index (χ3n) is 1.96. The van der Waals surface area contributed by atoms with Crippen molar-refractivity contribution in [1.29, 1.82) is 0 Å². The standard InChI is InChI=1S/C12H23NO5Si/c1-6-16-11(14)8-7-10(18-19(3,4)5)9(2)17-12(13)15/h7-10H,6H2,1-5H3,(H2,13,15)/b8-7+/t9-,10-/m1/s1. The van der Waals surface area contributed by atoms with Crippen LogP contribution in [0.1, 0.15) is 13.8 Å². The van der Waals surface area contributed by atoms with Gasteiger partial charge in [-0.1, -0.05) is 0 Å². The molecule has 0 spiro atoms. The second kappa shape index (κ2) is 7.95. The minimum atomic E-state index is -1.86. The Balaban J connectivity index is 4.76. The summed E-state index contributed by atoms with van der Waals surface area (Å²) in [7, 11) is -1.86. The van der Waals surface area contributed by atoms with Gasteiger partial charge in [-0.3, -0.25) is 0 Å². The molecular formula is C12H23NO5Si. The molecule has 0 fully saturated rings. The molecular weight excluding hydrogens is 266 g/mol. The Morgan fingerprint density at radius 2 is 1.89 bits per heavy atom. The molecule has 1 amide bonds. The Labute approximate surface area is 115 Å². The van der Waals surface area contributed by atoms with E-state index in [9.17, 15) is 9.59 Å². The molecule has 0 aromatic rings. The van der Waals surface area contributed by atoms with Crippen molar-refractivity contribution in [3.05, 3.63) is 12.2 Å². The number of ether oxygens (including phenoxy) is 2. The number of esters is 1. The molecule has 0 aliphatic heterocycles. The van der Waals surface area contributed by atoms with Crippen LogP contribution in [0.25, 0.3) is 0 Å². The molecule has 0 aromatic carbocycles. The highest BCUT2D eigenvalue weighted by molar-refractivity contribution is 6.69. The first-order valence-electron chi connectivity index (χ1n) is 6.14. The molecule has 110 valence electrons. The highest BCUT2D eigenvalue weighted by atomic mass is 28.4. The normalized spacial score (nSPS) is 15.0. The van der Waals surface area contributed by atoms with Crippen LogP contribution in [0.3, 0.4) is 0 Å². The van der Waals surface area contributed by atoms with Crippen molar-refractivity contribution >= 4 is 20.4 Å². The van der Waals surface area contributed by atoms with Gasteiger partial charge in [0.15, 0.2) is 8.32 Å². The van der Waals surface area contributed by atoms with Crippen LogP contribution >= 0.6 is 0 Å². The first-order chi connectivity index (χ1) is 8.65. The van der Waals surface area contributed by atoms with Crippen molar-refractivity contribution in [3.63, 3.8) is 0 Å². The van der Waals surface area contributed by atoms with E-state index in [2.05, 4.69) is 0 Å². The van der Waals surface area contributed by atoms with Gasteiger partial charge in [0.05, 0.1) is 6.61 Å². The fourth-order valence-electron chi connectivity index (χ4n) is 1.31. The SMILES string of the molecule is CCOC(=O)/C=C/[C@@H](O[Si](C)(C)C)[C@@H](C)OC(N)=O. The van der Waals surface area contributed by atoms with Gasteiger partial charge in [-0.05, 0) is 39.6 Å². The molecule has 0 unspecified atom stereocenters. The minimum absolute atomic E-state index is 0.302. The summed E-state index contributed by atoms with van der Waals surface area (Å²) in [6.45, 7) is 9.67. The van der Waals surface area contributed by atoms with Gasteiger partial charge in [-0.15, -0.1) is 0 Å².